The number of carbonyl (C=O) groups is 1. The Balaban J connectivity index is 2.04. The molecule has 0 saturated heterocycles. The third-order valence-corrected chi connectivity index (χ3v) is 4.94. The van der Waals surface area contributed by atoms with E-state index in [4.69, 9.17) is 0 Å². The normalized spacial score (nSPS) is 16.9. The Morgan fingerprint density at radius 2 is 2.00 bits per heavy atom. The predicted molar refractivity (Wildman–Crippen MR) is 72.2 cm³/mol. The lowest BCUT2D eigenvalue weighted by atomic mass is 9.84. The minimum absolute atomic E-state index is 0.0481. The summed E-state index contributed by atoms with van der Waals surface area (Å²) in [4.78, 5) is 11.9. The lowest BCUT2D eigenvalue weighted by Gasteiger charge is -2.40. The van der Waals surface area contributed by atoms with Crippen molar-refractivity contribution in [2.45, 2.75) is 24.0 Å². The Hall–Kier alpha value is -1.36. The molecule has 4 nitrogen and oxygen atoms in total. The van der Waals surface area contributed by atoms with Gasteiger partial charge in [-0.15, -0.1) is 0 Å². The van der Waals surface area contributed by atoms with Gasteiger partial charge in [0.05, 0.1) is 0 Å². The number of carbonyl (C=O) groups excluding carboxylic acids is 1. The molecule has 0 heterocycles. The van der Waals surface area contributed by atoms with Crippen LogP contribution in [0.15, 0.2) is 18.2 Å². The first-order valence-electron chi connectivity index (χ1n) is 5.92. The van der Waals surface area contributed by atoms with E-state index < -0.39 is 5.91 Å². The summed E-state index contributed by atoms with van der Waals surface area (Å²) < 4.78 is 0.135. The van der Waals surface area contributed by atoms with E-state index >= 15 is 0 Å². The topological polar surface area (TPSA) is 69.6 Å². The van der Waals surface area contributed by atoms with Crippen molar-refractivity contribution in [1.29, 1.82) is 0 Å². The first-order valence-corrected chi connectivity index (χ1v) is 7.15. The zero-order valence-electron chi connectivity index (χ0n) is 10.3. The number of thioether (sulfide) groups is 1. The quantitative estimate of drug-likeness (QED) is 0.781. The van der Waals surface area contributed by atoms with Crippen LogP contribution in [0.5, 0.6) is 11.5 Å². The Kier molecular flexibility index (Phi) is 3.71. The van der Waals surface area contributed by atoms with Crippen LogP contribution in [0.2, 0.25) is 0 Å². The third kappa shape index (κ3) is 2.41. The highest BCUT2D eigenvalue weighted by atomic mass is 32.2. The lowest BCUT2D eigenvalue weighted by molar-refractivity contribution is 0.0938. The maximum absolute atomic E-state index is 11.9. The van der Waals surface area contributed by atoms with Gasteiger partial charge < -0.3 is 15.5 Å². The lowest BCUT2D eigenvalue weighted by Crippen LogP contribution is -2.45. The summed E-state index contributed by atoms with van der Waals surface area (Å²) in [6.45, 7) is 0.570. The number of hydrogen-bond acceptors (Lipinski definition) is 4. The van der Waals surface area contributed by atoms with E-state index in [1.54, 1.807) is 11.8 Å². The summed E-state index contributed by atoms with van der Waals surface area (Å²) >= 11 is 1.76. The van der Waals surface area contributed by atoms with Crippen LogP contribution in [-0.4, -0.2) is 33.7 Å². The van der Waals surface area contributed by atoms with E-state index in [0.717, 1.165) is 12.8 Å². The molecule has 5 heteroatoms. The number of amides is 1. The first-order chi connectivity index (χ1) is 8.58. The summed E-state index contributed by atoms with van der Waals surface area (Å²) in [5, 5.41) is 22.0. The number of aromatic hydroxyl groups is 2. The molecule has 1 aromatic carbocycles. The molecule has 0 bridgehead atoms. The number of hydrogen-bond donors (Lipinski definition) is 3. The highest BCUT2D eigenvalue weighted by Crippen LogP contribution is 2.42. The molecule has 0 radical (unpaired) electrons. The molecule has 2 rings (SSSR count). The Morgan fingerprint density at radius 1 is 1.39 bits per heavy atom. The van der Waals surface area contributed by atoms with Crippen molar-refractivity contribution in [2.24, 2.45) is 0 Å². The smallest absolute Gasteiger partial charge is 0.258 e. The molecular weight excluding hydrogens is 250 g/mol. The van der Waals surface area contributed by atoms with Crippen LogP contribution >= 0.6 is 11.8 Å². The van der Waals surface area contributed by atoms with E-state index in [1.807, 2.05) is 6.26 Å². The van der Waals surface area contributed by atoms with Crippen molar-refractivity contribution < 1.29 is 15.0 Å². The molecule has 0 aromatic heterocycles. The summed E-state index contributed by atoms with van der Waals surface area (Å²) in [5.41, 5.74) is -0.0481. The van der Waals surface area contributed by atoms with Crippen molar-refractivity contribution in [2.75, 3.05) is 12.8 Å². The van der Waals surface area contributed by atoms with Crippen LogP contribution in [0.1, 0.15) is 29.6 Å². The molecule has 1 aliphatic carbocycles. The van der Waals surface area contributed by atoms with Gasteiger partial charge in [-0.3, -0.25) is 4.79 Å². The second-order valence-corrected chi connectivity index (χ2v) is 5.87. The standard InChI is InChI=1S/C13H17NO3S/c1-18-13(6-3-7-13)8-14-12(17)11-9(15)4-2-5-10(11)16/h2,4-5,15-16H,3,6-8H2,1H3,(H,14,17). The van der Waals surface area contributed by atoms with E-state index in [0.29, 0.717) is 6.54 Å². The average Bonchev–Trinajstić information content (AvgIpc) is 2.28. The molecule has 0 atom stereocenters. The van der Waals surface area contributed by atoms with Gasteiger partial charge >= 0.3 is 0 Å². The van der Waals surface area contributed by atoms with Gasteiger partial charge in [0, 0.05) is 11.3 Å². The van der Waals surface area contributed by atoms with Crippen LogP contribution in [-0.2, 0) is 0 Å². The van der Waals surface area contributed by atoms with Crippen molar-refractivity contribution in [3.8, 4) is 11.5 Å². The fraction of sp³-hybridized carbons (Fsp3) is 0.462. The predicted octanol–water partition coefficient (Wildman–Crippen LogP) is 2.11. The van der Waals surface area contributed by atoms with Gasteiger partial charge in [0.1, 0.15) is 17.1 Å². The zero-order valence-corrected chi connectivity index (χ0v) is 11.1. The van der Waals surface area contributed by atoms with Gasteiger partial charge in [-0.1, -0.05) is 12.5 Å². The molecule has 1 amide bonds. The molecule has 0 aliphatic heterocycles. The fourth-order valence-electron chi connectivity index (χ4n) is 2.11. The molecular formula is C13H17NO3S. The van der Waals surface area contributed by atoms with E-state index in [9.17, 15) is 15.0 Å². The first kappa shape index (κ1) is 13.1. The molecule has 1 aliphatic rings. The van der Waals surface area contributed by atoms with Gasteiger partial charge in [-0.25, -0.2) is 0 Å². The average molecular weight is 267 g/mol. The zero-order chi connectivity index (χ0) is 13.2. The largest absolute Gasteiger partial charge is 0.507 e. The van der Waals surface area contributed by atoms with Crippen molar-refractivity contribution >= 4 is 17.7 Å². The number of nitrogens with one attached hydrogen (secondary N) is 1. The van der Waals surface area contributed by atoms with Gasteiger partial charge in [0.15, 0.2) is 0 Å². The number of phenolic OH excluding ortho intramolecular Hbond substituents is 2. The maximum Gasteiger partial charge on any atom is 0.258 e. The highest BCUT2D eigenvalue weighted by Gasteiger charge is 2.36. The van der Waals surface area contributed by atoms with E-state index in [1.165, 1.54) is 24.6 Å². The third-order valence-electron chi connectivity index (χ3n) is 3.52. The van der Waals surface area contributed by atoms with Gasteiger partial charge in [0.25, 0.3) is 5.91 Å². The second kappa shape index (κ2) is 5.10. The number of rotatable bonds is 4. The van der Waals surface area contributed by atoms with Crippen LogP contribution < -0.4 is 5.32 Å². The molecule has 98 valence electrons. The molecule has 3 N–H and O–H groups in total. The molecule has 0 spiro atoms. The van der Waals surface area contributed by atoms with Gasteiger partial charge in [-0.2, -0.15) is 11.8 Å². The van der Waals surface area contributed by atoms with Crippen molar-refractivity contribution in [1.82, 2.24) is 5.32 Å². The van der Waals surface area contributed by atoms with E-state index in [-0.39, 0.29) is 21.8 Å². The molecule has 18 heavy (non-hydrogen) atoms. The Labute approximate surface area is 110 Å². The fourth-order valence-corrected chi connectivity index (χ4v) is 3.03. The van der Waals surface area contributed by atoms with Crippen molar-refractivity contribution in [3.05, 3.63) is 23.8 Å². The SMILES string of the molecule is CSC1(CNC(=O)c2c(O)cccc2O)CCC1. The monoisotopic (exact) mass is 267 g/mol. The summed E-state index contributed by atoms with van der Waals surface area (Å²) in [6.07, 6.45) is 5.43. The minimum Gasteiger partial charge on any atom is -0.507 e. The van der Waals surface area contributed by atoms with Crippen LogP contribution in [0, 0.1) is 0 Å². The van der Waals surface area contributed by atoms with E-state index in [2.05, 4.69) is 5.32 Å². The molecule has 1 saturated carbocycles. The van der Waals surface area contributed by atoms with Crippen LogP contribution in [0.25, 0.3) is 0 Å². The summed E-state index contributed by atoms with van der Waals surface area (Å²) in [6, 6.07) is 4.28. The minimum atomic E-state index is -0.425. The summed E-state index contributed by atoms with van der Waals surface area (Å²) in [5.74, 6) is -0.815. The Morgan fingerprint density at radius 3 is 2.44 bits per heavy atom. The number of phenols is 2. The van der Waals surface area contributed by atoms with Gasteiger partial charge in [0.2, 0.25) is 0 Å². The van der Waals surface area contributed by atoms with Crippen molar-refractivity contribution in [3.63, 3.8) is 0 Å². The summed E-state index contributed by atoms with van der Waals surface area (Å²) in [7, 11) is 0. The highest BCUT2D eigenvalue weighted by molar-refractivity contribution is 8.00. The Bertz CT molecular complexity index is 432. The molecule has 1 fully saturated rings. The second-order valence-electron chi connectivity index (χ2n) is 4.59. The van der Waals surface area contributed by atoms with Gasteiger partial charge in [-0.05, 0) is 31.2 Å². The van der Waals surface area contributed by atoms with Crippen LogP contribution in [0.4, 0.5) is 0 Å². The molecule has 0 unspecified atom stereocenters. The maximum atomic E-state index is 11.9. The van der Waals surface area contributed by atoms with Crippen LogP contribution in [0.3, 0.4) is 0 Å². The number of benzene rings is 1. The molecule has 1 aromatic rings.